The summed E-state index contributed by atoms with van der Waals surface area (Å²) >= 11 is 3.26. The summed E-state index contributed by atoms with van der Waals surface area (Å²) < 4.78 is 0. The van der Waals surface area contributed by atoms with Gasteiger partial charge in [0, 0.05) is 16.8 Å². The Kier molecular flexibility index (Phi) is 1.96. The minimum absolute atomic E-state index is 0.0166. The lowest BCUT2D eigenvalue weighted by Crippen LogP contribution is -2.52. The molecule has 0 aromatic rings. The Hall–Kier alpha value is -0.380. The van der Waals surface area contributed by atoms with Gasteiger partial charge in [-0.2, -0.15) is 0 Å². The molecule has 0 spiro atoms. The van der Waals surface area contributed by atoms with E-state index in [0.29, 0.717) is 12.8 Å². The summed E-state index contributed by atoms with van der Waals surface area (Å²) in [5.74, 6) is -1.08. The van der Waals surface area contributed by atoms with Crippen LogP contribution in [0.1, 0.15) is 33.6 Å². The number of ketones is 1. The van der Waals surface area contributed by atoms with Crippen molar-refractivity contribution in [3.8, 4) is 0 Å². The molecule has 2 rings (SSSR count). The first-order valence-electron chi connectivity index (χ1n) is 5.12. The molecular weight excluding hydrogens is 260 g/mol. The van der Waals surface area contributed by atoms with Crippen LogP contribution in [0, 0.1) is 16.2 Å². The predicted octanol–water partition coefficient (Wildman–Crippen LogP) is 0.895. The normalized spacial score (nSPS) is 47.2. The maximum atomic E-state index is 12.1. The topological polar surface area (TPSA) is 57.2 Å². The van der Waals surface area contributed by atoms with Crippen LogP contribution >= 0.6 is 15.9 Å². The van der Waals surface area contributed by atoms with E-state index < -0.39 is 27.0 Å². The van der Waals surface area contributed by atoms with Crippen molar-refractivity contribution in [2.75, 3.05) is 0 Å². The van der Waals surface area contributed by atoms with E-state index in [1.165, 1.54) is 0 Å². The van der Waals surface area contributed by atoms with Gasteiger partial charge in [0.05, 0.1) is 4.83 Å². The molecule has 4 heteroatoms. The molecule has 84 valence electrons. The summed E-state index contributed by atoms with van der Waals surface area (Å²) in [6.07, 6.45) is 1.18. The monoisotopic (exact) mass is 273 g/mol. The molecule has 0 aromatic carbocycles. The first kappa shape index (κ1) is 11.1. The number of halogens is 1. The number of fused-ring (bicyclic) bond motifs is 2. The number of carboxylic acid groups (broad SMARTS) is 1. The van der Waals surface area contributed by atoms with Crippen molar-refractivity contribution in [2.24, 2.45) is 16.2 Å². The number of alkyl halides is 1. The molecule has 2 bridgehead atoms. The number of carboxylic acids is 1. The molecule has 0 unspecified atom stereocenters. The Morgan fingerprint density at radius 3 is 2.20 bits per heavy atom. The standard InChI is InChI=1S/C11H15BrO3/c1-9(2)10(3)4-5-11(9,8(14)15)6(12)7(10)13/h6H,4-5H2,1-3H3,(H,14,15)/p-1/t6-,10-,11+/m1/s1. The number of hydrogen-bond donors (Lipinski definition) is 0. The van der Waals surface area contributed by atoms with Crippen molar-refractivity contribution in [3.05, 3.63) is 0 Å². The van der Waals surface area contributed by atoms with E-state index >= 15 is 0 Å². The van der Waals surface area contributed by atoms with Gasteiger partial charge >= 0.3 is 0 Å². The van der Waals surface area contributed by atoms with Gasteiger partial charge in [-0.15, -0.1) is 0 Å². The van der Waals surface area contributed by atoms with E-state index in [-0.39, 0.29) is 5.78 Å². The van der Waals surface area contributed by atoms with Crippen molar-refractivity contribution >= 4 is 27.7 Å². The number of carbonyl (C=O) groups is 2. The largest absolute Gasteiger partial charge is 0.549 e. The molecule has 0 aliphatic heterocycles. The zero-order chi connectivity index (χ0) is 11.6. The molecular formula is C11H14BrO3-. The van der Waals surface area contributed by atoms with Crippen LogP contribution < -0.4 is 5.11 Å². The van der Waals surface area contributed by atoms with Gasteiger partial charge in [0.15, 0.2) is 5.78 Å². The van der Waals surface area contributed by atoms with E-state index in [1.54, 1.807) is 0 Å². The Balaban J connectivity index is 2.68. The Bertz CT molecular complexity index is 363. The second kappa shape index (κ2) is 2.65. The molecule has 0 saturated heterocycles. The van der Waals surface area contributed by atoms with Gasteiger partial charge in [0.25, 0.3) is 0 Å². The Morgan fingerprint density at radius 1 is 1.40 bits per heavy atom. The second-order valence-corrected chi connectivity index (χ2v) is 6.36. The van der Waals surface area contributed by atoms with Gasteiger partial charge < -0.3 is 9.90 Å². The fraction of sp³-hybridized carbons (Fsp3) is 0.818. The average Bonchev–Trinajstić information content (AvgIpc) is 2.39. The van der Waals surface area contributed by atoms with E-state index in [0.717, 1.165) is 0 Å². The maximum Gasteiger partial charge on any atom is 0.153 e. The van der Waals surface area contributed by atoms with Crippen LogP contribution in [-0.2, 0) is 9.59 Å². The zero-order valence-corrected chi connectivity index (χ0v) is 10.7. The fourth-order valence-electron chi connectivity index (χ4n) is 3.40. The van der Waals surface area contributed by atoms with Gasteiger partial charge in [0.2, 0.25) is 0 Å². The third-order valence-electron chi connectivity index (χ3n) is 5.08. The molecule has 0 N–H and O–H groups in total. The van der Waals surface area contributed by atoms with E-state index in [1.807, 2.05) is 20.8 Å². The number of hydrogen-bond acceptors (Lipinski definition) is 3. The third kappa shape index (κ3) is 0.846. The molecule has 0 radical (unpaired) electrons. The summed E-state index contributed by atoms with van der Waals surface area (Å²) in [4.78, 5) is 22.9. The van der Waals surface area contributed by atoms with Crippen molar-refractivity contribution in [1.29, 1.82) is 0 Å². The highest BCUT2D eigenvalue weighted by Gasteiger charge is 2.74. The highest BCUT2D eigenvalue weighted by molar-refractivity contribution is 9.10. The van der Waals surface area contributed by atoms with Crippen LogP contribution in [0.5, 0.6) is 0 Å². The molecule has 0 aromatic heterocycles. The molecule has 3 nitrogen and oxygen atoms in total. The lowest BCUT2D eigenvalue weighted by atomic mass is 9.65. The van der Waals surface area contributed by atoms with Gasteiger partial charge in [-0.3, -0.25) is 4.79 Å². The van der Waals surface area contributed by atoms with Crippen molar-refractivity contribution < 1.29 is 14.7 Å². The minimum atomic E-state index is -1.09. The fourth-order valence-corrected chi connectivity index (χ4v) is 4.90. The number of aliphatic carboxylic acids is 1. The van der Waals surface area contributed by atoms with Gasteiger partial charge in [-0.25, -0.2) is 0 Å². The van der Waals surface area contributed by atoms with Gasteiger partial charge in [-0.05, 0) is 18.3 Å². The number of Topliss-reactive ketones (excluding diaryl/α,β-unsaturated/α-hetero) is 1. The van der Waals surface area contributed by atoms with Crippen molar-refractivity contribution in [3.63, 3.8) is 0 Å². The molecule has 2 fully saturated rings. The lowest BCUT2D eigenvalue weighted by Gasteiger charge is -2.41. The molecule has 0 amide bonds. The Labute approximate surface area is 97.4 Å². The second-order valence-electron chi connectivity index (χ2n) is 5.44. The van der Waals surface area contributed by atoms with Crippen LogP contribution in [0.2, 0.25) is 0 Å². The summed E-state index contributed by atoms with van der Waals surface area (Å²) in [7, 11) is 0. The highest BCUT2D eigenvalue weighted by atomic mass is 79.9. The predicted molar refractivity (Wildman–Crippen MR) is 56.3 cm³/mol. The SMILES string of the molecule is CC1(C)[C@]2(C)CC[C@@]1(C(=O)[O-])[C@H](Br)C2=O. The van der Waals surface area contributed by atoms with Crippen LogP contribution in [-0.4, -0.2) is 16.6 Å². The molecule has 0 heterocycles. The minimum Gasteiger partial charge on any atom is -0.549 e. The van der Waals surface area contributed by atoms with E-state index in [4.69, 9.17) is 0 Å². The number of carbonyl (C=O) groups excluding carboxylic acids is 2. The molecule has 2 aliphatic carbocycles. The third-order valence-corrected chi connectivity index (χ3v) is 6.28. The Morgan fingerprint density at radius 2 is 1.93 bits per heavy atom. The summed E-state index contributed by atoms with van der Waals surface area (Å²) in [5, 5.41) is 11.4. The van der Waals surface area contributed by atoms with Crippen LogP contribution in [0.4, 0.5) is 0 Å². The van der Waals surface area contributed by atoms with Crippen LogP contribution in [0.15, 0.2) is 0 Å². The van der Waals surface area contributed by atoms with Crippen molar-refractivity contribution in [1.82, 2.24) is 0 Å². The van der Waals surface area contributed by atoms with Gasteiger partial charge in [-0.1, -0.05) is 36.7 Å². The molecule has 3 atom stereocenters. The quantitative estimate of drug-likeness (QED) is 0.667. The van der Waals surface area contributed by atoms with Gasteiger partial charge in [0.1, 0.15) is 0 Å². The summed E-state index contributed by atoms with van der Waals surface area (Å²) in [6.45, 7) is 5.62. The average molecular weight is 274 g/mol. The molecule has 2 saturated carbocycles. The highest BCUT2D eigenvalue weighted by Crippen LogP contribution is 2.71. The maximum absolute atomic E-state index is 12.1. The van der Waals surface area contributed by atoms with E-state index in [2.05, 4.69) is 15.9 Å². The van der Waals surface area contributed by atoms with E-state index in [9.17, 15) is 14.7 Å². The summed E-state index contributed by atoms with van der Waals surface area (Å²) in [6, 6.07) is 0. The van der Waals surface area contributed by atoms with Crippen LogP contribution in [0.25, 0.3) is 0 Å². The first-order valence-corrected chi connectivity index (χ1v) is 6.03. The number of rotatable bonds is 1. The first-order chi connectivity index (χ1) is 6.72. The smallest absolute Gasteiger partial charge is 0.153 e. The zero-order valence-electron chi connectivity index (χ0n) is 9.09. The summed E-state index contributed by atoms with van der Waals surface area (Å²) in [5.41, 5.74) is -2.09. The molecule has 2 aliphatic rings. The lowest BCUT2D eigenvalue weighted by molar-refractivity contribution is -0.322. The van der Waals surface area contributed by atoms with Crippen LogP contribution in [0.3, 0.4) is 0 Å². The van der Waals surface area contributed by atoms with Crippen molar-refractivity contribution in [2.45, 2.75) is 38.4 Å². The molecule has 15 heavy (non-hydrogen) atoms.